The maximum absolute atomic E-state index is 12.4. The molecule has 3 atom stereocenters. The van der Waals surface area contributed by atoms with Crippen molar-refractivity contribution >= 4 is 5.78 Å². The Labute approximate surface area is 117 Å². The van der Waals surface area contributed by atoms with Crippen molar-refractivity contribution in [3.05, 3.63) is 0 Å². The third-order valence-corrected chi connectivity index (χ3v) is 5.02. The number of ketones is 1. The van der Waals surface area contributed by atoms with Crippen LogP contribution in [0.15, 0.2) is 0 Å². The number of Topliss-reactive ketones (excluding diaryl/α,β-unsaturated/α-hetero) is 1. The van der Waals surface area contributed by atoms with Crippen molar-refractivity contribution in [2.45, 2.75) is 71.0 Å². The van der Waals surface area contributed by atoms with E-state index in [-0.39, 0.29) is 17.2 Å². The third-order valence-electron chi connectivity index (χ3n) is 5.02. The molecule has 2 rings (SSSR count). The van der Waals surface area contributed by atoms with Crippen LogP contribution < -0.4 is 11.3 Å². The van der Waals surface area contributed by atoms with Crippen molar-refractivity contribution in [1.29, 1.82) is 0 Å². The normalized spacial score (nSPS) is 33.4. The number of carbonyl (C=O) groups excluding carboxylic acids is 1. The molecule has 2 fully saturated rings. The van der Waals surface area contributed by atoms with E-state index in [1.807, 2.05) is 20.8 Å². The average molecular weight is 267 g/mol. The zero-order valence-electron chi connectivity index (χ0n) is 12.8. The molecular formula is C15H29N3O. The monoisotopic (exact) mass is 267 g/mol. The van der Waals surface area contributed by atoms with E-state index in [0.717, 1.165) is 18.5 Å². The number of hydrazine groups is 1. The fourth-order valence-corrected chi connectivity index (χ4v) is 3.82. The molecule has 0 saturated carbocycles. The van der Waals surface area contributed by atoms with Gasteiger partial charge < -0.3 is 4.90 Å². The summed E-state index contributed by atoms with van der Waals surface area (Å²) >= 11 is 0. The molecule has 0 aromatic heterocycles. The maximum atomic E-state index is 12.4. The van der Waals surface area contributed by atoms with Gasteiger partial charge in [-0.25, -0.2) is 5.43 Å². The third kappa shape index (κ3) is 3.18. The summed E-state index contributed by atoms with van der Waals surface area (Å²) < 4.78 is 0. The molecular weight excluding hydrogens is 238 g/mol. The smallest absolute Gasteiger partial charge is 0.156 e. The van der Waals surface area contributed by atoms with E-state index in [1.54, 1.807) is 0 Å². The number of carbonyl (C=O) groups is 1. The molecule has 0 spiro atoms. The van der Waals surface area contributed by atoms with Crippen LogP contribution in [0.4, 0.5) is 0 Å². The highest BCUT2D eigenvalue weighted by Crippen LogP contribution is 2.39. The highest BCUT2D eigenvalue weighted by atomic mass is 16.1. The predicted octanol–water partition coefficient (Wildman–Crippen LogP) is 1.70. The van der Waals surface area contributed by atoms with Gasteiger partial charge >= 0.3 is 0 Å². The summed E-state index contributed by atoms with van der Waals surface area (Å²) in [6.07, 6.45) is 6.00. The van der Waals surface area contributed by atoms with E-state index < -0.39 is 0 Å². The van der Waals surface area contributed by atoms with E-state index >= 15 is 0 Å². The predicted molar refractivity (Wildman–Crippen MR) is 77.5 cm³/mol. The summed E-state index contributed by atoms with van der Waals surface area (Å²) in [7, 11) is 2.25. The number of hydrogen-bond donors (Lipinski definition) is 2. The quantitative estimate of drug-likeness (QED) is 0.601. The molecule has 4 heteroatoms. The van der Waals surface area contributed by atoms with Crippen molar-refractivity contribution < 1.29 is 4.79 Å². The van der Waals surface area contributed by atoms with Crippen LogP contribution in [0.2, 0.25) is 0 Å². The number of nitrogens with two attached hydrogens (primary N) is 1. The van der Waals surface area contributed by atoms with Gasteiger partial charge in [0.2, 0.25) is 0 Å². The molecule has 19 heavy (non-hydrogen) atoms. The Kier molecular flexibility index (Phi) is 4.33. The molecule has 0 radical (unpaired) electrons. The Balaban J connectivity index is 1.95. The highest BCUT2D eigenvalue weighted by molar-refractivity contribution is 5.88. The van der Waals surface area contributed by atoms with Crippen LogP contribution >= 0.6 is 0 Å². The van der Waals surface area contributed by atoms with Crippen molar-refractivity contribution in [2.24, 2.45) is 17.2 Å². The average Bonchev–Trinajstić information content (AvgIpc) is 2.57. The van der Waals surface area contributed by atoms with Crippen LogP contribution in [0.5, 0.6) is 0 Å². The lowest BCUT2D eigenvalue weighted by Crippen LogP contribution is -2.49. The van der Waals surface area contributed by atoms with Crippen molar-refractivity contribution in [2.75, 3.05) is 7.05 Å². The van der Waals surface area contributed by atoms with Gasteiger partial charge in [-0.05, 0) is 45.1 Å². The number of fused-ring (bicyclic) bond motifs is 2. The minimum atomic E-state index is -0.318. The van der Waals surface area contributed by atoms with Gasteiger partial charge in [0.05, 0.1) is 6.04 Å². The Bertz CT molecular complexity index is 323. The van der Waals surface area contributed by atoms with E-state index in [9.17, 15) is 4.79 Å². The number of piperidine rings is 1. The van der Waals surface area contributed by atoms with E-state index in [1.165, 1.54) is 25.7 Å². The molecule has 2 aliphatic rings. The fraction of sp³-hybridized carbons (Fsp3) is 0.933. The SMILES string of the molecule is CN1C2CCC1CC(CC(NN)C(=O)C(C)(C)C)C2. The van der Waals surface area contributed by atoms with Crippen LogP contribution in [0.3, 0.4) is 0 Å². The van der Waals surface area contributed by atoms with Gasteiger partial charge in [-0.1, -0.05) is 20.8 Å². The fourth-order valence-electron chi connectivity index (χ4n) is 3.82. The van der Waals surface area contributed by atoms with Gasteiger partial charge in [0.15, 0.2) is 5.78 Å². The lowest BCUT2D eigenvalue weighted by atomic mass is 9.80. The zero-order valence-corrected chi connectivity index (χ0v) is 12.8. The summed E-state index contributed by atoms with van der Waals surface area (Å²) in [6.45, 7) is 5.91. The summed E-state index contributed by atoms with van der Waals surface area (Å²) in [5.41, 5.74) is 2.44. The topological polar surface area (TPSA) is 58.4 Å². The number of nitrogens with one attached hydrogen (secondary N) is 1. The molecule has 0 aromatic rings. The molecule has 2 aliphatic heterocycles. The van der Waals surface area contributed by atoms with Crippen LogP contribution in [0, 0.1) is 11.3 Å². The zero-order chi connectivity index (χ0) is 14.2. The number of nitrogens with zero attached hydrogens (tertiary/aromatic N) is 1. The van der Waals surface area contributed by atoms with Gasteiger partial charge in [0.25, 0.3) is 0 Å². The van der Waals surface area contributed by atoms with Gasteiger partial charge in [-0.3, -0.25) is 10.6 Å². The minimum Gasteiger partial charge on any atom is -0.300 e. The second kappa shape index (κ2) is 5.51. The lowest BCUT2D eigenvalue weighted by molar-refractivity contribution is -0.129. The standard InChI is InChI=1S/C15H29N3O/c1-15(2,3)14(19)13(17-16)9-10-7-11-5-6-12(8-10)18(11)4/h10-13,17H,5-9,16H2,1-4H3. The molecule has 3 unspecified atom stereocenters. The largest absolute Gasteiger partial charge is 0.300 e. The molecule has 2 saturated heterocycles. The lowest BCUT2D eigenvalue weighted by Gasteiger charge is -2.38. The second-order valence-electron chi connectivity index (χ2n) is 7.46. The Morgan fingerprint density at radius 2 is 1.84 bits per heavy atom. The highest BCUT2D eigenvalue weighted by Gasteiger charge is 2.40. The van der Waals surface area contributed by atoms with Crippen LogP contribution in [-0.4, -0.2) is 35.9 Å². The Morgan fingerprint density at radius 3 is 2.26 bits per heavy atom. The van der Waals surface area contributed by atoms with E-state index in [0.29, 0.717) is 5.92 Å². The van der Waals surface area contributed by atoms with Crippen LogP contribution in [0.25, 0.3) is 0 Å². The summed E-state index contributed by atoms with van der Waals surface area (Å²) in [4.78, 5) is 14.9. The van der Waals surface area contributed by atoms with Gasteiger partial charge in [0, 0.05) is 17.5 Å². The Morgan fingerprint density at radius 1 is 1.32 bits per heavy atom. The maximum Gasteiger partial charge on any atom is 0.156 e. The molecule has 0 aromatic carbocycles. The van der Waals surface area contributed by atoms with Gasteiger partial charge in [-0.15, -0.1) is 0 Å². The van der Waals surface area contributed by atoms with Crippen molar-refractivity contribution in [3.63, 3.8) is 0 Å². The van der Waals surface area contributed by atoms with Gasteiger partial charge in [0.1, 0.15) is 0 Å². The molecule has 4 nitrogen and oxygen atoms in total. The van der Waals surface area contributed by atoms with Gasteiger partial charge in [-0.2, -0.15) is 0 Å². The summed E-state index contributed by atoms with van der Waals surface area (Å²) in [5.74, 6) is 6.50. The minimum absolute atomic E-state index is 0.187. The second-order valence-corrected chi connectivity index (χ2v) is 7.46. The molecule has 0 aliphatic carbocycles. The first-order chi connectivity index (χ1) is 8.82. The first-order valence-corrected chi connectivity index (χ1v) is 7.55. The first kappa shape index (κ1) is 14.9. The van der Waals surface area contributed by atoms with Crippen molar-refractivity contribution in [3.8, 4) is 0 Å². The Hall–Kier alpha value is -0.450. The number of hydrogen-bond acceptors (Lipinski definition) is 4. The van der Waals surface area contributed by atoms with E-state index in [4.69, 9.17) is 5.84 Å². The summed E-state index contributed by atoms with van der Waals surface area (Å²) in [5, 5.41) is 0. The van der Waals surface area contributed by atoms with E-state index in [2.05, 4.69) is 17.4 Å². The molecule has 110 valence electrons. The van der Waals surface area contributed by atoms with Crippen molar-refractivity contribution in [1.82, 2.24) is 10.3 Å². The molecule has 3 N–H and O–H groups in total. The van der Waals surface area contributed by atoms with Crippen LogP contribution in [-0.2, 0) is 4.79 Å². The molecule has 0 amide bonds. The molecule has 2 bridgehead atoms. The number of rotatable bonds is 4. The summed E-state index contributed by atoms with van der Waals surface area (Å²) in [6, 6.07) is 1.27. The molecule has 2 heterocycles. The van der Waals surface area contributed by atoms with Crippen LogP contribution in [0.1, 0.15) is 52.9 Å². The first-order valence-electron chi connectivity index (χ1n) is 7.55.